The van der Waals surface area contributed by atoms with E-state index < -0.39 is 36.9 Å². The van der Waals surface area contributed by atoms with Crippen molar-refractivity contribution in [1.82, 2.24) is 5.32 Å². The Kier molecular flexibility index (Phi) is 44.4. The second kappa shape index (κ2) is 45.1. The van der Waals surface area contributed by atoms with E-state index in [9.17, 15) is 25.2 Å². The monoisotopic (exact) mass is 794 g/mol. The fourth-order valence-electron chi connectivity index (χ4n) is 7.99. The Labute approximate surface area is 349 Å². The first kappa shape index (κ1) is 55.0. The van der Waals surface area contributed by atoms with Crippen molar-refractivity contribution in [3.05, 3.63) is 12.2 Å². The zero-order valence-electron chi connectivity index (χ0n) is 37.7. The van der Waals surface area contributed by atoms with Gasteiger partial charge in [-0.1, -0.05) is 244 Å². The van der Waals surface area contributed by atoms with Gasteiger partial charge in [0.25, 0.3) is 0 Å². The smallest absolute Gasteiger partial charge is 0.249 e. The van der Waals surface area contributed by atoms with Gasteiger partial charge in [0.05, 0.1) is 18.8 Å². The summed E-state index contributed by atoms with van der Waals surface area (Å²) in [4.78, 5) is 12.5. The molecule has 0 aliphatic rings. The number of carbonyl (C=O) groups excluding carboxylic acids is 1. The Balaban J connectivity index is 3.58. The molecule has 334 valence electrons. The number of nitrogens with one attached hydrogen (secondary N) is 1. The minimum Gasteiger partial charge on any atom is -0.394 e. The first-order chi connectivity index (χ1) is 27.5. The van der Waals surface area contributed by atoms with Gasteiger partial charge in [-0.25, -0.2) is 0 Å². The summed E-state index contributed by atoms with van der Waals surface area (Å²) in [6.45, 7) is 4.03. The Morgan fingerprint density at radius 3 is 1.07 bits per heavy atom. The summed E-state index contributed by atoms with van der Waals surface area (Å²) in [7, 11) is 0. The van der Waals surface area contributed by atoms with Crippen LogP contribution >= 0.6 is 0 Å². The molecule has 0 rings (SSSR count). The van der Waals surface area contributed by atoms with Gasteiger partial charge in [-0.2, -0.15) is 0 Å². The topological polar surface area (TPSA) is 110 Å². The molecule has 0 heterocycles. The third-order valence-corrected chi connectivity index (χ3v) is 12.0. The summed E-state index contributed by atoms with van der Waals surface area (Å²) in [6, 6.07) is -0.996. The molecule has 4 unspecified atom stereocenters. The number of carbonyl (C=O) groups is 1. The van der Waals surface area contributed by atoms with Gasteiger partial charge in [-0.15, -0.1) is 0 Å². The molecule has 56 heavy (non-hydrogen) atoms. The molecule has 0 bridgehead atoms. The van der Waals surface area contributed by atoms with Crippen LogP contribution in [-0.4, -0.2) is 57.3 Å². The normalized spacial score (nSPS) is 14.0. The third kappa shape index (κ3) is 38.6. The minimum atomic E-state index is -1.28. The fourth-order valence-corrected chi connectivity index (χ4v) is 7.99. The van der Waals surface area contributed by atoms with Crippen molar-refractivity contribution in [2.75, 3.05) is 6.61 Å². The van der Waals surface area contributed by atoms with Gasteiger partial charge in [0.1, 0.15) is 12.2 Å². The van der Waals surface area contributed by atoms with Crippen molar-refractivity contribution in [2.45, 2.75) is 295 Å². The Hall–Kier alpha value is -0.950. The first-order valence-corrected chi connectivity index (χ1v) is 25.1. The highest BCUT2D eigenvalue weighted by atomic mass is 16.3. The number of hydrogen-bond acceptors (Lipinski definition) is 5. The largest absolute Gasteiger partial charge is 0.394 e. The number of allylic oxidation sites excluding steroid dienone is 2. The van der Waals surface area contributed by atoms with Gasteiger partial charge in [-0.05, 0) is 38.5 Å². The van der Waals surface area contributed by atoms with Crippen molar-refractivity contribution in [1.29, 1.82) is 0 Å². The summed E-state index contributed by atoms with van der Waals surface area (Å²) < 4.78 is 0. The van der Waals surface area contributed by atoms with E-state index in [1.165, 1.54) is 205 Å². The maximum Gasteiger partial charge on any atom is 0.249 e. The van der Waals surface area contributed by atoms with E-state index >= 15 is 0 Å². The number of aliphatic hydroxyl groups excluding tert-OH is 4. The van der Waals surface area contributed by atoms with Gasteiger partial charge in [0.2, 0.25) is 5.91 Å². The number of aliphatic hydroxyl groups is 4. The summed E-state index contributed by atoms with van der Waals surface area (Å²) in [5.74, 6) is -0.593. The van der Waals surface area contributed by atoms with Gasteiger partial charge in [0.15, 0.2) is 0 Å². The first-order valence-electron chi connectivity index (χ1n) is 25.1. The van der Waals surface area contributed by atoms with E-state index in [1.54, 1.807) is 0 Å². The number of rotatable bonds is 46. The summed E-state index contributed by atoms with van der Waals surface area (Å²) >= 11 is 0. The Morgan fingerprint density at radius 2 is 0.732 bits per heavy atom. The number of amides is 1. The number of hydrogen-bond donors (Lipinski definition) is 5. The highest BCUT2D eigenvalue weighted by Gasteiger charge is 2.28. The molecule has 0 aromatic carbocycles. The standard InChI is InChI=1S/C50H99NO5/c1-3-5-7-9-11-13-15-16-17-18-19-20-21-22-23-24-25-26-27-28-29-30-31-32-33-34-36-37-39-41-43-47(53)49(55)46(45-52)51-50(56)48(54)44-42-40-38-35-14-12-10-8-6-4-2/h36-37,46-49,52-55H,3-35,38-45H2,1-2H3,(H,51,56)/b37-36+. The van der Waals surface area contributed by atoms with Crippen LogP contribution in [0.4, 0.5) is 0 Å². The van der Waals surface area contributed by atoms with E-state index in [1.807, 2.05) is 0 Å². The van der Waals surface area contributed by atoms with Crippen molar-refractivity contribution < 1.29 is 25.2 Å². The van der Waals surface area contributed by atoms with Crippen LogP contribution in [0.5, 0.6) is 0 Å². The molecule has 0 fully saturated rings. The van der Waals surface area contributed by atoms with E-state index in [4.69, 9.17) is 0 Å². The SMILES string of the molecule is CCCCCCCCCCCCCCCCCCCCCCCCCCC/C=C/CCCC(O)C(O)C(CO)NC(=O)C(O)CCCCCCCCCCCC. The quantitative estimate of drug-likeness (QED) is 0.0311. The lowest BCUT2D eigenvalue weighted by molar-refractivity contribution is -0.132. The molecule has 0 aromatic rings. The zero-order valence-corrected chi connectivity index (χ0v) is 37.7. The molecule has 6 heteroatoms. The molecule has 0 spiro atoms. The van der Waals surface area contributed by atoms with Crippen LogP contribution in [0.15, 0.2) is 12.2 Å². The van der Waals surface area contributed by atoms with Gasteiger partial charge < -0.3 is 25.7 Å². The van der Waals surface area contributed by atoms with Crippen molar-refractivity contribution in [2.24, 2.45) is 0 Å². The van der Waals surface area contributed by atoms with E-state index in [-0.39, 0.29) is 0 Å². The second-order valence-corrected chi connectivity index (χ2v) is 17.5. The number of unbranched alkanes of at least 4 members (excludes halogenated alkanes) is 35. The lowest BCUT2D eigenvalue weighted by Crippen LogP contribution is -2.53. The molecule has 5 N–H and O–H groups in total. The predicted octanol–water partition coefficient (Wildman–Crippen LogP) is 13.7. The molecule has 0 aliphatic heterocycles. The minimum absolute atomic E-state index is 0.366. The molecule has 0 saturated heterocycles. The molecule has 0 saturated carbocycles. The molecule has 1 amide bonds. The van der Waals surface area contributed by atoms with Crippen LogP contribution in [0, 0.1) is 0 Å². The molecule has 4 atom stereocenters. The van der Waals surface area contributed by atoms with Gasteiger partial charge in [-0.3, -0.25) is 4.79 Å². The second-order valence-electron chi connectivity index (χ2n) is 17.5. The average molecular weight is 794 g/mol. The lowest BCUT2D eigenvalue weighted by atomic mass is 10.00. The third-order valence-electron chi connectivity index (χ3n) is 12.0. The van der Waals surface area contributed by atoms with Gasteiger partial charge >= 0.3 is 0 Å². The van der Waals surface area contributed by atoms with Crippen LogP contribution in [-0.2, 0) is 4.79 Å². The molecular weight excluding hydrogens is 695 g/mol. The maximum atomic E-state index is 12.5. The highest BCUT2D eigenvalue weighted by Crippen LogP contribution is 2.17. The van der Waals surface area contributed by atoms with Crippen molar-refractivity contribution in [3.63, 3.8) is 0 Å². The van der Waals surface area contributed by atoms with E-state index in [0.29, 0.717) is 12.8 Å². The summed E-state index contributed by atoms with van der Waals surface area (Å²) in [6.07, 6.45) is 51.5. The molecular formula is C50H99NO5. The Morgan fingerprint density at radius 1 is 0.429 bits per heavy atom. The van der Waals surface area contributed by atoms with Crippen LogP contribution in [0.3, 0.4) is 0 Å². The molecule has 0 radical (unpaired) electrons. The van der Waals surface area contributed by atoms with E-state index in [2.05, 4.69) is 31.3 Å². The average Bonchev–Trinajstić information content (AvgIpc) is 3.20. The zero-order chi connectivity index (χ0) is 41.0. The molecule has 6 nitrogen and oxygen atoms in total. The Bertz CT molecular complexity index is 806. The lowest BCUT2D eigenvalue weighted by Gasteiger charge is -2.27. The van der Waals surface area contributed by atoms with Crippen LogP contribution in [0.1, 0.15) is 271 Å². The fraction of sp³-hybridized carbons (Fsp3) is 0.940. The van der Waals surface area contributed by atoms with Crippen molar-refractivity contribution >= 4 is 5.91 Å². The molecule has 0 aromatic heterocycles. The van der Waals surface area contributed by atoms with Gasteiger partial charge in [0, 0.05) is 0 Å². The maximum absolute atomic E-state index is 12.5. The predicted molar refractivity (Wildman–Crippen MR) is 242 cm³/mol. The van der Waals surface area contributed by atoms with Crippen LogP contribution in [0.2, 0.25) is 0 Å². The van der Waals surface area contributed by atoms with Crippen molar-refractivity contribution in [3.8, 4) is 0 Å². The highest BCUT2D eigenvalue weighted by molar-refractivity contribution is 5.80. The van der Waals surface area contributed by atoms with E-state index in [0.717, 1.165) is 38.5 Å². The summed E-state index contributed by atoms with van der Waals surface area (Å²) in [5, 5.41) is 43.6. The molecule has 0 aliphatic carbocycles. The summed E-state index contributed by atoms with van der Waals surface area (Å²) in [5.41, 5.74) is 0. The van der Waals surface area contributed by atoms with Crippen LogP contribution in [0.25, 0.3) is 0 Å². The van der Waals surface area contributed by atoms with Crippen LogP contribution < -0.4 is 5.32 Å².